The number of aryl methyl sites for hydroxylation is 1. The van der Waals surface area contributed by atoms with Crippen LogP contribution in [0.15, 0.2) is 30.7 Å². The number of aliphatic hydroxyl groups excluding tert-OH is 1. The predicted octanol–water partition coefficient (Wildman–Crippen LogP) is 2.17. The SMILES string of the molecule is Cc1cc(Cn2cc3c(CC(=O)NCCCO)nccc3n2)cnc1OCC(F)(F)F. The summed E-state index contributed by atoms with van der Waals surface area (Å²) < 4.78 is 43.4. The van der Waals surface area contributed by atoms with E-state index in [0.29, 0.717) is 36.3 Å². The second-order valence-electron chi connectivity index (χ2n) is 6.99. The van der Waals surface area contributed by atoms with Gasteiger partial charge in [0.05, 0.1) is 24.2 Å². The van der Waals surface area contributed by atoms with E-state index in [4.69, 9.17) is 9.84 Å². The van der Waals surface area contributed by atoms with Crippen LogP contribution >= 0.6 is 0 Å². The molecule has 166 valence electrons. The monoisotopic (exact) mass is 437 g/mol. The van der Waals surface area contributed by atoms with Gasteiger partial charge in [0.25, 0.3) is 0 Å². The summed E-state index contributed by atoms with van der Waals surface area (Å²) in [5, 5.41) is 16.7. The highest BCUT2D eigenvalue weighted by Crippen LogP contribution is 2.21. The minimum Gasteiger partial charge on any atom is -0.468 e. The zero-order valence-corrected chi connectivity index (χ0v) is 16.8. The Hall–Kier alpha value is -3.21. The van der Waals surface area contributed by atoms with Gasteiger partial charge < -0.3 is 15.2 Å². The normalized spacial score (nSPS) is 11.6. The first-order chi connectivity index (χ1) is 14.7. The first kappa shape index (κ1) is 22.5. The maximum absolute atomic E-state index is 12.3. The quantitative estimate of drug-likeness (QED) is 0.498. The average molecular weight is 437 g/mol. The molecule has 0 atom stereocenters. The summed E-state index contributed by atoms with van der Waals surface area (Å²) in [5.74, 6) is -0.263. The summed E-state index contributed by atoms with van der Waals surface area (Å²) in [7, 11) is 0. The Morgan fingerprint density at radius 3 is 2.84 bits per heavy atom. The molecule has 2 N–H and O–H groups in total. The van der Waals surface area contributed by atoms with Crippen LogP contribution < -0.4 is 10.1 Å². The van der Waals surface area contributed by atoms with Crippen molar-refractivity contribution < 1.29 is 27.8 Å². The maximum atomic E-state index is 12.3. The fourth-order valence-electron chi connectivity index (χ4n) is 2.99. The molecule has 0 fully saturated rings. The lowest BCUT2D eigenvalue weighted by molar-refractivity contribution is -0.154. The number of carbonyl (C=O) groups is 1. The maximum Gasteiger partial charge on any atom is 0.422 e. The number of alkyl halides is 3. The summed E-state index contributed by atoms with van der Waals surface area (Å²) in [5.41, 5.74) is 2.47. The number of hydrogen-bond acceptors (Lipinski definition) is 6. The molecule has 0 bridgehead atoms. The van der Waals surface area contributed by atoms with Crippen molar-refractivity contribution in [3.8, 4) is 5.88 Å². The third-order valence-electron chi connectivity index (χ3n) is 4.35. The van der Waals surface area contributed by atoms with Gasteiger partial charge in [-0.15, -0.1) is 0 Å². The molecule has 1 amide bonds. The second-order valence-corrected chi connectivity index (χ2v) is 6.99. The molecular formula is C20H22F3N5O3. The molecule has 0 aliphatic heterocycles. The highest BCUT2D eigenvalue weighted by atomic mass is 19.4. The van der Waals surface area contributed by atoms with E-state index in [1.165, 1.54) is 6.20 Å². The van der Waals surface area contributed by atoms with Gasteiger partial charge in [-0.25, -0.2) is 4.98 Å². The van der Waals surface area contributed by atoms with E-state index in [9.17, 15) is 18.0 Å². The molecule has 3 aromatic heterocycles. The Bertz CT molecular complexity index is 1050. The van der Waals surface area contributed by atoms with Crippen LogP contribution in [-0.4, -0.2) is 56.7 Å². The van der Waals surface area contributed by atoms with E-state index in [1.807, 2.05) is 0 Å². The van der Waals surface area contributed by atoms with Crippen LogP contribution in [0.25, 0.3) is 10.9 Å². The van der Waals surface area contributed by atoms with Gasteiger partial charge in [-0.1, -0.05) is 0 Å². The lowest BCUT2D eigenvalue weighted by atomic mass is 10.2. The van der Waals surface area contributed by atoms with Crippen molar-refractivity contribution in [3.63, 3.8) is 0 Å². The molecule has 3 aromatic rings. The summed E-state index contributed by atoms with van der Waals surface area (Å²) >= 11 is 0. The highest BCUT2D eigenvalue weighted by molar-refractivity contribution is 5.86. The number of rotatable bonds is 9. The minimum atomic E-state index is -4.43. The van der Waals surface area contributed by atoms with Gasteiger partial charge in [0.1, 0.15) is 0 Å². The molecule has 8 nitrogen and oxygen atoms in total. The first-order valence-corrected chi connectivity index (χ1v) is 9.59. The van der Waals surface area contributed by atoms with Gasteiger partial charge in [0.2, 0.25) is 11.8 Å². The molecule has 0 aromatic carbocycles. The topological polar surface area (TPSA) is 102 Å². The van der Waals surface area contributed by atoms with E-state index >= 15 is 0 Å². The smallest absolute Gasteiger partial charge is 0.422 e. The highest BCUT2D eigenvalue weighted by Gasteiger charge is 2.29. The number of amides is 1. The molecular weight excluding hydrogens is 415 g/mol. The summed E-state index contributed by atoms with van der Waals surface area (Å²) in [6, 6.07) is 3.43. The van der Waals surface area contributed by atoms with E-state index in [1.54, 1.807) is 36.1 Å². The van der Waals surface area contributed by atoms with Crippen molar-refractivity contribution in [2.75, 3.05) is 19.8 Å². The number of aliphatic hydroxyl groups is 1. The molecule has 3 rings (SSSR count). The van der Waals surface area contributed by atoms with Crippen molar-refractivity contribution in [1.29, 1.82) is 0 Å². The number of aromatic nitrogens is 4. The van der Waals surface area contributed by atoms with E-state index in [0.717, 1.165) is 10.9 Å². The van der Waals surface area contributed by atoms with Crippen LogP contribution in [0, 0.1) is 6.92 Å². The summed E-state index contributed by atoms with van der Waals surface area (Å²) in [6.45, 7) is 0.960. The van der Waals surface area contributed by atoms with Crippen molar-refractivity contribution in [3.05, 3.63) is 47.5 Å². The number of nitrogens with one attached hydrogen (secondary N) is 1. The van der Waals surface area contributed by atoms with Crippen LogP contribution in [0.2, 0.25) is 0 Å². The Balaban J connectivity index is 1.71. The number of hydrogen-bond donors (Lipinski definition) is 2. The first-order valence-electron chi connectivity index (χ1n) is 9.59. The van der Waals surface area contributed by atoms with Crippen molar-refractivity contribution in [2.24, 2.45) is 0 Å². The Labute approximate surface area is 176 Å². The number of nitrogens with zero attached hydrogens (tertiary/aromatic N) is 4. The van der Waals surface area contributed by atoms with Gasteiger partial charge >= 0.3 is 6.18 Å². The zero-order valence-electron chi connectivity index (χ0n) is 16.8. The number of carbonyl (C=O) groups excluding carboxylic acids is 1. The number of fused-ring (bicyclic) bond motifs is 1. The Morgan fingerprint density at radius 2 is 2.13 bits per heavy atom. The van der Waals surface area contributed by atoms with Crippen LogP contribution in [0.1, 0.15) is 23.2 Å². The molecule has 3 heterocycles. The molecule has 0 saturated carbocycles. The lowest BCUT2D eigenvalue weighted by Gasteiger charge is -2.11. The number of pyridine rings is 2. The van der Waals surface area contributed by atoms with E-state index in [-0.39, 0.29) is 24.8 Å². The second kappa shape index (κ2) is 9.73. The van der Waals surface area contributed by atoms with Gasteiger partial charge in [-0.05, 0) is 31.0 Å². The van der Waals surface area contributed by atoms with Crippen LogP contribution in [0.5, 0.6) is 5.88 Å². The van der Waals surface area contributed by atoms with Crippen LogP contribution in [0.3, 0.4) is 0 Å². The fourth-order valence-corrected chi connectivity index (χ4v) is 2.99. The standard InChI is InChI=1S/C20H22F3N5O3/c1-13-7-14(9-26-19(13)31-12-20(21,22)23)10-28-11-15-16(27-28)3-5-24-17(15)8-18(30)25-4-2-6-29/h3,5,7,9,11,29H,2,4,6,8,10,12H2,1H3,(H,25,30). The van der Waals surface area contributed by atoms with Crippen molar-refractivity contribution in [2.45, 2.75) is 32.5 Å². The Morgan fingerprint density at radius 1 is 1.32 bits per heavy atom. The molecule has 0 spiro atoms. The fraction of sp³-hybridized carbons (Fsp3) is 0.400. The summed E-state index contributed by atoms with van der Waals surface area (Å²) in [6.07, 6.45) is 0.925. The number of halogens is 3. The van der Waals surface area contributed by atoms with E-state index in [2.05, 4.69) is 20.4 Å². The van der Waals surface area contributed by atoms with Crippen molar-refractivity contribution >= 4 is 16.8 Å². The van der Waals surface area contributed by atoms with Crippen LogP contribution in [0.4, 0.5) is 13.2 Å². The van der Waals surface area contributed by atoms with Gasteiger partial charge in [-0.2, -0.15) is 18.3 Å². The average Bonchev–Trinajstić information content (AvgIpc) is 3.10. The molecule has 11 heteroatoms. The number of ether oxygens (including phenoxy) is 1. The molecule has 0 saturated heterocycles. The largest absolute Gasteiger partial charge is 0.468 e. The molecule has 31 heavy (non-hydrogen) atoms. The third kappa shape index (κ3) is 6.38. The molecule has 0 radical (unpaired) electrons. The van der Waals surface area contributed by atoms with Gasteiger partial charge in [0, 0.05) is 42.7 Å². The molecule has 0 unspecified atom stereocenters. The summed E-state index contributed by atoms with van der Waals surface area (Å²) in [4.78, 5) is 20.3. The van der Waals surface area contributed by atoms with Crippen molar-refractivity contribution in [1.82, 2.24) is 25.1 Å². The predicted molar refractivity (Wildman–Crippen MR) is 106 cm³/mol. The minimum absolute atomic E-state index is 0.00461. The molecule has 0 aliphatic carbocycles. The zero-order chi connectivity index (χ0) is 22.4. The van der Waals surface area contributed by atoms with Gasteiger partial charge in [0.15, 0.2) is 6.61 Å². The van der Waals surface area contributed by atoms with E-state index < -0.39 is 12.8 Å². The lowest BCUT2D eigenvalue weighted by Crippen LogP contribution is -2.26. The Kier molecular flexibility index (Phi) is 7.06. The third-order valence-corrected chi connectivity index (χ3v) is 4.35. The van der Waals surface area contributed by atoms with Gasteiger partial charge in [-0.3, -0.25) is 14.5 Å². The van der Waals surface area contributed by atoms with Crippen LogP contribution in [-0.2, 0) is 17.8 Å². The molecule has 0 aliphatic rings.